The van der Waals surface area contributed by atoms with Crippen LogP contribution in [-0.2, 0) is 0 Å². The molecule has 80 valence electrons. The van der Waals surface area contributed by atoms with E-state index < -0.39 is 0 Å². The number of aliphatic hydroxyl groups is 1. The first-order chi connectivity index (χ1) is 7.34. The third-order valence-corrected chi connectivity index (χ3v) is 3.05. The van der Waals surface area contributed by atoms with Gasteiger partial charge in [0.2, 0.25) is 0 Å². The Hall–Kier alpha value is -1.24. The van der Waals surface area contributed by atoms with Crippen LogP contribution in [0.25, 0.3) is 0 Å². The number of rotatable bonds is 2. The van der Waals surface area contributed by atoms with E-state index in [1.165, 1.54) is 24.8 Å². The van der Waals surface area contributed by atoms with Gasteiger partial charge in [-0.3, -0.25) is 0 Å². The fraction of sp³-hybridized carbons (Fsp3) is 0.429. The number of hydrogen-bond donors (Lipinski definition) is 1. The van der Waals surface area contributed by atoms with Crippen LogP contribution in [0.4, 0.5) is 0 Å². The zero-order valence-corrected chi connectivity index (χ0v) is 9.02. The minimum absolute atomic E-state index is 0.507. The third-order valence-electron chi connectivity index (χ3n) is 3.05. The largest absolute Gasteiger partial charge is 0.512 e. The first kappa shape index (κ1) is 10.3. The second kappa shape index (κ2) is 5.01. The van der Waals surface area contributed by atoms with Crippen molar-refractivity contribution < 1.29 is 5.11 Å². The molecule has 0 amide bonds. The average Bonchev–Trinajstić information content (AvgIpc) is 2.30. The molecule has 0 aliphatic heterocycles. The molecule has 2 aliphatic rings. The van der Waals surface area contributed by atoms with Crippen LogP contribution in [0.15, 0.2) is 47.8 Å². The topological polar surface area (TPSA) is 20.2 Å². The zero-order valence-electron chi connectivity index (χ0n) is 9.02. The quantitative estimate of drug-likeness (QED) is 0.669. The lowest BCUT2D eigenvalue weighted by molar-refractivity contribution is 0.386. The summed E-state index contributed by atoms with van der Waals surface area (Å²) in [4.78, 5) is 0. The van der Waals surface area contributed by atoms with Gasteiger partial charge < -0.3 is 5.11 Å². The Labute approximate surface area is 91.5 Å². The Morgan fingerprint density at radius 2 is 2.13 bits per heavy atom. The predicted octanol–water partition coefficient (Wildman–Crippen LogP) is 4.06. The van der Waals surface area contributed by atoms with E-state index in [-0.39, 0.29) is 0 Å². The van der Waals surface area contributed by atoms with Crippen molar-refractivity contribution in [2.45, 2.75) is 32.1 Å². The minimum Gasteiger partial charge on any atom is -0.512 e. The van der Waals surface area contributed by atoms with Crippen LogP contribution in [0.2, 0.25) is 0 Å². The molecule has 2 aliphatic carbocycles. The van der Waals surface area contributed by atoms with Gasteiger partial charge in [-0.25, -0.2) is 0 Å². The summed E-state index contributed by atoms with van der Waals surface area (Å²) >= 11 is 0. The molecule has 0 bridgehead atoms. The molecule has 0 spiro atoms. The van der Waals surface area contributed by atoms with Crippen molar-refractivity contribution in [3.8, 4) is 0 Å². The minimum atomic E-state index is 0.507. The SMILES string of the molecule is OC1=CC=C(/C=C\C2CC=CCC2)CC1. The second-order valence-corrected chi connectivity index (χ2v) is 4.30. The molecule has 1 heteroatoms. The van der Waals surface area contributed by atoms with E-state index in [9.17, 15) is 5.11 Å². The summed E-state index contributed by atoms with van der Waals surface area (Å²) in [5, 5.41) is 9.23. The molecule has 0 saturated heterocycles. The molecule has 0 aromatic carbocycles. The van der Waals surface area contributed by atoms with Crippen LogP contribution in [-0.4, -0.2) is 5.11 Å². The molecule has 0 fully saturated rings. The van der Waals surface area contributed by atoms with Gasteiger partial charge in [0.1, 0.15) is 0 Å². The Morgan fingerprint density at radius 1 is 1.20 bits per heavy atom. The van der Waals surface area contributed by atoms with E-state index in [0.29, 0.717) is 5.76 Å². The fourth-order valence-corrected chi connectivity index (χ4v) is 2.03. The van der Waals surface area contributed by atoms with Gasteiger partial charge in [-0.1, -0.05) is 30.4 Å². The molecule has 0 aromatic heterocycles. The normalized spacial score (nSPS) is 26.5. The first-order valence-electron chi connectivity index (χ1n) is 5.76. The Kier molecular flexibility index (Phi) is 3.44. The Morgan fingerprint density at radius 3 is 2.80 bits per heavy atom. The van der Waals surface area contributed by atoms with Crippen molar-refractivity contribution in [1.82, 2.24) is 0 Å². The zero-order chi connectivity index (χ0) is 10.5. The van der Waals surface area contributed by atoms with Crippen molar-refractivity contribution in [2.24, 2.45) is 5.92 Å². The van der Waals surface area contributed by atoms with Crippen LogP contribution >= 0.6 is 0 Å². The summed E-state index contributed by atoms with van der Waals surface area (Å²) in [5.74, 6) is 1.23. The van der Waals surface area contributed by atoms with Crippen molar-refractivity contribution in [1.29, 1.82) is 0 Å². The highest BCUT2D eigenvalue weighted by Crippen LogP contribution is 2.22. The number of hydrogen-bond acceptors (Lipinski definition) is 1. The molecular formula is C14H18O. The van der Waals surface area contributed by atoms with E-state index in [0.717, 1.165) is 18.8 Å². The summed E-state index contributed by atoms with van der Waals surface area (Å²) in [7, 11) is 0. The van der Waals surface area contributed by atoms with E-state index in [1.54, 1.807) is 0 Å². The fourth-order valence-electron chi connectivity index (χ4n) is 2.03. The summed E-state index contributed by atoms with van der Waals surface area (Å²) < 4.78 is 0. The maximum atomic E-state index is 9.23. The van der Waals surface area contributed by atoms with Crippen molar-refractivity contribution in [2.75, 3.05) is 0 Å². The molecule has 1 atom stereocenters. The smallest absolute Gasteiger partial charge is 0.0926 e. The first-order valence-corrected chi connectivity index (χ1v) is 5.76. The molecule has 0 saturated carbocycles. The van der Waals surface area contributed by atoms with Crippen LogP contribution in [0.1, 0.15) is 32.1 Å². The molecule has 15 heavy (non-hydrogen) atoms. The lowest BCUT2D eigenvalue weighted by Gasteiger charge is -2.13. The van der Waals surface area contributed by atoms with E-state index in [2.05, 4.69) is 24.3 Å². The van der Waals surface area contributed by atoms with Gasteiger partial charge in [0, 0.05) is 6.42 Å². The monoisotopic (exact) mass is 202 g/mol. The standard InChI is InChI=1S/C14H18O/c15-14-10-8-13(9-11-14)7-6-12-4-2-1-3-5-12/h1-2,6-8,10,12,15H,3-5,9,11H2/b7-6-. The second-order valence-electron chi connectivity index (χ2n) is 4.30. The Bertz CT molecular complexity index is 331. The highest BCUT2D eigenvalue weighted by molar-refractivity contribution is 5.29. The number of allylic oxidation sites excluding steroid dienone is 8. The maximum absolute atomic E-state index is 9.23. The van der Waals surface area contributed by atoms with Gasteiger partial charge in [-0.2, -0.15) is 0 Å². The van der Waals surface area contributed by atoms with E-state index >= 15 is 0 Å². The summed E-state index contributed by atoms with van der Waals surface area (Å²) in [6.07, 6.45) is 18.4. The number of aliphatic hydroxyl groups excluding tert-OH is 1. The summed E-state index contributed by atoms with van der Waals surface area (Å²) in [6, 6.07) is 0. The van der Waals surface area contributed by atoms with Gasteiger partial charge in [0.05, 0.1) is 5.76 Å². The van der Waals surface area contributed by atoms with E-state index in [4.69, 9.17) is 0 Å². The molecule has 2 rings (SSSR count). The predicted molar refractivity (Wildman–Crippen MR) is 63.6 cm³/mol. The van der Waals surface area contributed by atoms with Crippen molar-refractivity contribution in [3.63, 3.8) is 0 Å². The maximum Gasteiger partial charge on any atom is 0.0926 e. The van der Waals surface area contributed by atoms with Gasteiger partial charge in [0.15, 0.2) is 0 Å². The van der Waals surface area contributed by atoms with Crippen LogP contribution in [0.5, 0.6) is 0 Å². The lowest BCUT2D eigenvalue weighted by atomic mass is 9.92. The third kappa shape index (κ3) is 3.12. The average molecular weight is 202 g/mol. The molecule has 0 aromatic rings. The summed E-state index contributed by atoms with van der Waals surface area (Å²) in [5.41, 5.74) is 1.34. The van der Waals surface area contributed by atoms with Gasteiger partial charge in [-0.05, 0) is 43.3 Å². The van der Waals surface area contributed by atoms with Gasteiger partial charge in [0.25, 0.3) is 0 Å². The molecule has 0 heterocycles. The molecule has 1 nitrogen and oxygen atoms in total. The summed E-state index contributed by atoms with van der Waals surface area (Å²) in [6.45, 7) is 0. The van der Waals surface area contributed by atoms with Crippen LogP contribution in [0, 0.1) is 5.92 Å². The molecule has 1 unspecified atom stereocenters. The van der Waals surface area contributed by atoms with Crippen LogP contribution in [0.3, 0.4) is 0 Å². The highest BCUT2D eigenvalue weighted by atomic mass is 16.3. The molecule has 1 N–H and O–H groups in total. The molecular weight excluding hydrogens is 184 g/mol. The lowest BCUT2D eigenvalue weighted by Crippen LogP contribution is -1.98. The van der Waals surface area contributed by atoms with Crippen LogP contribution < -0.4 is 0 Å². The van der Waals surface area contributed by atoms with Gasteiger partial charge in [-0.15, -0.1) is 0 Å². The van der Waals surface area contributed by atoms with Gasteiger partial charge >= 0.3 is 0 Å². The van der Waals surface area contributed by atoms with Crippen molar-refractivity contribution in [3.05, 3.63) is 47.8 Å². The Balaban J connectivity index is 1.91. The van der Waals surface area contributed by atoms with Crippen molar-refractivity contribution >= 4 is 0 Å². The highest BCUT2D eigenvalue weighted by Gasteiger charge is 2.06. The molecule has 0 radical (unpaired) electrons. The van der Waals surface area contributed by atoms with E-state index in [1.807, 2.05) is 12.2 Å².